The van der Waals surface area contributed by atoms with Crippen molar-refractivity contribution in [2.45, 2.75) is 19.8 Å². The fourth-order valence-corrected chi connectivity index (χ4v) is 2.68. The van der Waals surface area contributed by atoms with E-state index in [9.17, 15) is 19.5 Å². The van der Waals surface area contributed by atoms with Gasteiger partial charge in [-0.2, -0.15) is 0 Å². The Labute approximate surface area is 139 Å². The monoisotopic (exact) mass is 331 g/mol. The van der Waals surface area contributed by atoms with E-state index in [4.69, 9.17) is 4.74 Å². The van der Waals surface area contributed by atoms with Crippen LogP contribution in [-0.4, -0.2) is 24.9 Å². The zero-order valence-electron chi connectivity index (χ0n) is 13.5. The normalized spacial score (nSPS) is 19.4. The second-order valence-electron chi connectivity index (χ2n) is 5.56. The van der Waals surface area contributed by atoms with E-state index in [1.165, 1.54) is 14.0 Å². The molecule has 24 heavy (non-hydrogen) atoms. The molecule has 0 unspecified atom stereocenters. The van der Waals surface area contributed by atoms with Gasteiger partial charge < -0.3 is 25.3 Å². The van der Waals surface area contributed by atoms with Gasteiger partial charge in [0.05, 0.1) is 18.7 Å². The van der Waals surface area contributed by atoms with Crippen LogP contribution in [0.1, 0.15) is 19.8 Å². The van der Waals surface area contributed by atoms with Crippen molar-refractivity contribution in [2.24, 2.45) is 11.8 Å². The molecule has 2 amide bonds. The van der Waals surface area contributed by atoms with Gasteiger partial charge in [-0.25, -0.2) is 0 Å². The highest BCUT2D eigenvalue weighted by Gasteiger charge is 2.30. The Morgan fingerprint density at radius 3 is 2.38 bits per heavy atom. The molecular formula is C17H19N2O5-. The van der Waals surface area contributed by atoms with Crippen molar-refractivity contribution in [3.8, 4) is 5.75 Å². The number of aliphatic carboxylic acids is 1. The molecule has 0 fully saturated rings. The number of methoxy groups -OCH3 is 1. The first kappa shape index (κ1) is 17.5. The number of carboxylic acid groups (broad SMARTS) is 1. The maximum atomic E-state index is 12.5. The number of carbonyl (C=O) groups excluding carboxylic acids is 3. The van der Waals surface area contributed by atoms with E-state index < -0.39 is 23.7 Å². The van der Waals surface area contributed by atoms with E-state index in [0.29, 0.717) is 23.5 Å². The molecule has 7 heteroatoms. The first-order chi connectivity index (χ1) is 11.4. The zero-order valence-corrected chi connectivity index (χ0v) is 13.5. The fraction of sp³-hybridized carbons (Fsp3) is 0.353. The largest absolute Gasteiger partial charge is 0.550 e. The Bertz CT molecular complexity index is 684. The van der Waals surface area contributed by atoms with E-state index in [-0.39, 0.29) is 12.3 Å². The Morgan fingerprint density at radius 2 is 1.79 bits per heavy atom. The number of ether oxygens (including phenoxy) is 1. The third kappa shape index (κ3) is 4.13. The molecule has 7 nitrogen and oxygen atoms in total. The fourth-order valence-electron chi connectivity index (χ4n) is 2.68. The predicted molar refractivity (Wildman–Crippen MR) is 86.3 cm³/mol. The van der Waals surface area contributed by atoms with Gasteiger partial charge in [0.1, 0.15) is 5.75 Å². The number of carbonyl (C=O) groups is 3. The molecule has 0 spiro atoms. The topological polar surface area (TPSA) is 108 Å². The summed E-state index contributed by atoms with van der Waals surface area (Å²) in [6, 6.07) is 4.81. The van der Waals surface area contributed by atoms with Gasteiger partial charge in [0.25, 0.3) is 0 Å². The highest BCUT2D eigenvalue weighted by atomic mass is 16.5. The van der Waals surface area contributed by atoms with E-state index >= 15 is 0 Å². The van der Waals surface area contributed by atoms with E-state index in [0.717, 1.165) is 0 Å². The molecule has 2 rings (SSSR count). The number of amides is 2. The molecule has 0 radical (unpaired) electrons. The smallest absolute Gasteiger partial charge is 0.228 e. The van der Waals surface area contributed by atoms with Crippen molar-refractivity contribution in [1.82, 2.24) is 0 Å². The minimum absolute atomic E-state index is 0.244. The van der Waals surface area contributed by atoms with Gasteiger partial charge in [-0.05, 0) is 31.0 Å². The molecular weight excluding hydrogens is 312 g/mol. The number of nitrogens with one attached hydrogen (secondary N) is 2. The summed E-state index contributed by atoms with van der Waals surface area (Å²) >= 11 is 0. The summed E-state index contributed by atoms with van der Waals surface area (Å²) in [5.74, 6) is -3.07. The third-order valence-electron chi connectivity index (χ3n) is 3.85. The van der Waals surface area contributed by atoms with Crippen LogP contribution < -0.4 is 20.5 Å². The quantitative estimate of drug-likeness (QED) is 0.780. The van der Waals surface area contributed by atoms with Gasteiger partial charge in [-0.15, -0.1) is 0 Å². The molecule has 1 aliphatic rings. The molecule has 0 heterocycles. The number of anilines is 2. The lowest BCUT2D eigenvalue weighted by molar-refractivity contribution is -0.313. The van der Waals surface area contributed by atoms with Crippen LogP contribution in [0.3, 0.4) is 0 Å². The van der Waals surface area contributed by atoms with Crippen LogP contribution in [0.4, 0.5) is 11.4 Å². The lowest BCUT2D eigenvalue weighted by atomic mass is 9.82. The summed E-state index contributed by atoms with van der Waals surface area (Å²) in [4.78, 5) is 34.9. The molecule has 2 N–H and O–H groups in total. The number of benzene rings is 1. The van der Waals surface area contributed by atoms with Crippen molar-refractivity contribution in [3.05, 3.63) is 30.4 Å². The van der Waals surface area contributed by atoms with Crippen LogP contribution >= 0.6 is 0 Å². The molecule has 0 aliphatic heterocycles. The second kappa shape index (κ2) is 7.63. The number of carboxylic acids is 1. The maximum absolute atomic E-state index is 12.5. The first-order valence-electron chi connectivity index (χ1n) is 7.54. The number of allylic oxidation sites excluding steroid dienone is 2. The van der Waals surface area contributed by atoms with Crippen LogP contribution in [-0.2, 0) is 14.4 Å². The van der Waals surface area contributed by atoms with Gasteiger partial charge in [-0.1, -0.05) is 12.2 Å². The standard InChI is InChI=1S/C17H20N2O5/c1-10(20)18-11-7-8-15(24-2)14(9-11)19-16(21)12-5-3-4-6-13(12)17(22)23/h3-4,7-9,12-13H,5-6H2,1-2H3,(H,18,20)(H,19,21)(H,22,23)/p-1/t12-,13+/m1/s1. The van der Waals surface area contributed by atoms with Crippen molar-refractivity contribution in [1.29, 1.82) is 0 Å². The molecule has 1 aliphatic carbocycles. The van der Waals surface area contributed by atoms with Gasteiger partial charge in [-0.3, -0.25) is 9.59 Å². The predicted octanol–water partition coefficient (Wildman–Crippen LogP) is 0.924. The van der Waals surface area contributed by atoms with Crippen molar-refractivity contribution < 1.29 is 24.2 Å². The highest BCUT2D eigenvalue weighted by Crippen LogP contribution is 2.31. The number of hydrogen-bond acceptors (Lipinski definition) is 5. The van der Waals surface area contributed by atoms with Gasteiger partial charge in [0.15, 0.2) is 0 Å². The second-order valence-corrected chi connectivity index (χ2v) is 5.56. The minimum atomic E-state index is -1.24. The van der Waals surface area contributed by atoms with Crippen LogP contribution in [0.25, 0.3) is 0 Å². The Kier molecular flexibility index (Phi) is 5.57. The van der Waals surface area contributed by atoms with Gasteiger partial charge in [0.2, 0.25) is 11.8 Å². The van der Waals surface area contributed by atoms with Crippen LogP contribution in [0.2, 0.25) is 0 Å². The summed E-state index contributed by atoms with van der Waals surface area (Å²) < 4.78 is 5.20. The van der Waals surface area contributed by atoms with Crippen LogP contribution in [0.15, 0.2) is 30.4 Å². The van der Waals surface area contributed by atoms with Gasteiger partial charge in [0, 0.05) is 24.5 Å². The minimum Gasteiger partial charge on any atom is -0.550 e. The van der Waals surface area contributed by atoms with Gasteiger partial charge >= 0.3 is 0 Å². The third-order valence-corrected chi connectivity index (χ3v) is 3.85. The molecule has 2 atom stereocenters. The van der Waals surface area contributed by atoms with Crippen molar-refractivity contribution in [2.75, 3.05) is 17.7 Å². The van der Waals surface area contributed by atoms with Crippen LogP contribution in [0.5, 0.6) is 5.75 Å². The van der Waals surface area contributed by atoms with Crippen LogP contribution in [0, 0.1) is 11.8 Å². The highest BCUT2D eigenvalue weighted by molar-refractivity contribution is 5.97. The first-order valence-corrected chi connectivity index (χ1v) is 7.54. The molecule has 0 saturated carbocycles. The summed E-state index contributed by atoms with van der Waals surface area (Å²) in [6.07, 6.45) is 4.12. The summed E-state index contributed by atoms with van der Waals surface area (Å²) in [7, 11) is 1.45. The maximum Gasteiger partial charge on any atom is 0.228 e. The SMILES string of the molecule is COc1ccc(NC(C)=O)cc1NC(=O)[C@@H]1CC=CC[C@@H]1C(=O)[O-]. The summed E-state index contributed by atoms with van der Waals surface area (Å²) in [6.45, 7) is 1.38. The lowest BCUT2D eigenvalue weighted by Gasteiger charge is -2.28. The summed E-state index contributed by atoms with van der Waals surface area (Å²) in [5.41, 5.74) is 0.860. The van der Waals surface area contributed by atoms with Crippen molar-refractivity contribution in [3.63, 3.8) is 0 Å². The molecule has 0 saturated heterocycles. The lowest BCUT2D eigenvalue weighted by Crippen LogP contribution is -2.41. The Morgan fingerprint density at radius 1 is 1.12 bits per heavy atom. The summed E-state index contributed by atoms with van der Waals surface area (Å²) in [5, 5.41) is 16.5. The zero-order chi connectivity index (χ0) is 17.7. The molecule has 1 aromatic rings. The average Bonchev–Trinajstić information content (AvgIpc) is 2.54. The molecule has 1 aromatic carbocycles. The molecule has 0 aromatic heterocycles. The molecule has 128 valence electrons. The van der Waals surface area contributed by atoms with Crippen molar-refractivity contribution >= 4 is 29.2 Å². The Balaban J connectivity index is 2.22. The van der Waals surface area contributed by atoms with E-state index in [1.54, 1.807) is 30.4 Å². The van der Waals surface area contributed by atoms with E-state index in [1.807, 2.05) is 0 Å². The average molecular weight is 331 g/mol. The molecule has 0 bridgehead atoms. The Hall–Kier alpha value is -2.83. The number of hydrogen-bond donors (Lipinski definition) is 2. The van der Waals surface area contributed by atoms with E-state index in [2.05, 4.69) is 10.6 Å². The number of rotatable bonds is 5.